The number of sulfonamides is 1. The number of carbonyl (C=O) groups is 2. The lowest BCUT2D eigenvalue weighted by molar-refractivity contribution is -0.149. The van der Waals surface area contributed by atoms with E-state index >= 15 is 0 Å². The minimum absolute atomic E-state index is 0.0613. The van der Waals surface area contributed by atoms with Gasteiger partial charge in [0.25, 0.3) is 0 Å². The van der Waals surface area contributed by atoms with E-state index < -0.39 is 21.2 Å². The first-order chi connectivity index (χ1) is 14.7. The van der Waals surface area contributed by atoms with Gasteiger partial charge in [0.1, 0.15) is 0 Å². The number of rotatable bonds is 6. The molecule has 5 atom stereocenters. The van der Waals surface area contributed by atoms with Gasteiger partial charge in [0.05, 0.1) is 43.1 Å². The van der Waals surface area contributed by atoms with Crippen molar-refractivity contribution in [1.82, 2.24) is 20.0 Å². The van der Waals surface area contributed by atoms with Crippen LogP contribution in [0.3, 0.4) is 0 Å². The van der Waals surface area contributed by atoms with Gasteiger partial charge in [0.2, 0.25) is 15.9 Å². The van der Waals surface area contributed by atoms with Gasteiger partial charge in [0, 0.05) is 17.6 Å². The van der Waals surface area contributed by atoms with E-state index in [4.69, 9.17) is 9.57 Å². The molecule has 3 aliphatic heterocycles. The van der Waals surface area contributed by atoms with Gasteiger partial charge >= 0.3 is 6.03 Å². The highest BCUT2D eigenvalue weighted by Crippen LogP contribution is 2.41. The fourth-order valence-corrected chi connectivity index (χ4v) is 7.25. The van der Waals surface area contributed by atoms with Crippen molar-refractivity contribution in [2.24, 2.45) is 5.92 Å². The maximum atomic E-state index is 13.4. The van der Waals surface area contributed by atoms with Gasteiger partial charge in [-0.2, -0.15) is 5.48 Å². The largest absolute Gasteiger partial charge is 0.377 e. The molecular weight excluding hydrogens is 424 g/mol. The summed E-state index contributed by atoms with van der Waals surface area (Å²) in [6, 6.07) is -0.473. The molecule has 5 fully saturated rings. The molecule has 174 valence electrons. The molecule has 0 spiro atoms. The zero-order valence-electron chi connectivity index (χ0n) is 18.1. The van der Waals surface area contributed by atoms with Crippen molar-refractivity contribution < 1.29 is 27.6 Å². The quantitative estimate of drug-likeness (QED) is 0.592. The van der Waals surface area contributed by atoms with E-state index in [2.05, 4.69) is 10.2 Å². The van der Waals surface area contributed by atoms with Gasteiger partial charge in [-0.1, -0.05) is 0 Å². The Morgan fingerprint density at radius 1 is 1.19 bits per heavy atom. The average molecular weight is 457 g/mol. The Morgan fingerprint density at radius 2 is 1.94 bits per heavy atom. The van der Waals surface area contributed by atoms with Crippen LogP contribution < -0.4 is 10.2 Å². The monoisotopic (exact) mass is 456 g/mol. The van der Waals surface area contributed by atoms with E-state index in [-0.39, 0.29) is 54.7 Å². The zero-order chi connectivity index (χ0) is 22.0. The third-order valence-corrected chi connectivity index (χ3v) is 9.52. The molecule has 2 saturated carbocycles. The molecule has 31 heavy (non-hydrogen) atoms. The molecule has 0 aromatic carbocycles. The second-order valence-electron chi connectivity index (χ2n) is 10.1. The maximum Gasteiger partial charge on any atom is 0.327 e. The van der Waals surface area contributed by atoms with Crippen molar-refractivity contribution in [2.75, 3.05) is 19.8 Å². The van der Waals surface area contributed by atoms with E-state index in [9.17, 15) is 18.0 Å². The lowest BCUT2D eigenvalue weighted by atomic mass is 9.80. The van der Waals surface area contributed by atoms with Crippen LogP contribution in [-0.4, -0.2) is 84.9 Å². The third-order valence-electron chi connectivity index (χ3n) is 7.44. The maximum absolute atomic E-state index is 13.4. The predicted molar refractivity (Wildman–Crippen MR) is 110 cm³/mol. The Hall–Kier alpha value is -1.27. The van der Waals surface area contributed by atoms with Gasteiger partial charge in [-0.25, -0.2) is 17.9 Å². The fraction of sp³-hybridized carbons (Fsp3) is 0.900. The number of hydroxylamine groups is 1. The van der Waals surface area contributed by atoms with Crippen LogP contribution in [0.2, 0.25) is 0 Å². The molecule has 11 heteroatoms. The molecule has 10 nitrogen and oxygen atoms in total. The highest BCUT2D eigenvalue weighted by atomic mass is 32.2. The fourth-order valence-electron chi connectivity index (χ4n) is 5.29. The first kappa shape index (κ1) is 21.6. The van der Waals surface area contributed by atoms with Crippen LogP contribution in [0.15, 0.2) is 0 Å². The smallest absolute Gasteiger partial charge is 0.327 e. The van der Waals surface area contributed by atoms with E-state index in [0.717, 1.165) is 12.8 Å². The minimum Gasteiger partial charge on any atom is -0.377 e. The van der Waals surface area contributed by atoms with Crippen LogP contribution in [-0.2, 0) is 24.4 Å². The van der Waals surface area contributed by atoms with Gasteiger partial charge in [0.15, 0.2) is 0 Å². The summed E-state index contributed by atoms with van der Waals surface area (Å²) in [6.07, 6.45) is 3.32. The lowest BCUT2D eigenvalue weighted by Gasteiger charge is -2.52. The van der Waals surface area contributed by atoms with Crippen LogP contribution >= 0.6 is 0 Å². The lowest BCUT2D eigenvalue weighted by Crippen LogP contribution is -2.69. The van der Waals surface area contributed by atoms with Gasteiger partial charge < -0.3 is 9.64 Å². The van der Waals surface area contributed by atoms with Crippen molar-refractivity contribution in [3.8, 4) is 0 Å². The molecule has 5 rings (SSSR count). The molecule has 2 N–H and O–H groups in total. The molecule has 0 aromatic heterocycles. The van der Waals surface area contributed by atoms with Gasteiger partial charge in [-0.15, -0.1) is 0 Å². The second kappa shape index (κ2) is 7.65. The van der Waals surface area contributed by atoms with E-state index in [1.807, 2.05) is 13.8 Å². The van der Waals surface area contributed by atoms with Crippen molar-refractivity contribution >= 4 is 22.0 Å². The summed E-state index contributed by atoms with van der Waals surface area (Å²) in [7, 11) is -3.53. The number of nitrogens with one attached hydrogen (secondary N) is 2. The first-order valence-electron chi connectivity index (χ1n) is 11.3. The molecule has 0 bridgehead atoms. The van der Waals surface area contributed by atoms with Crippen LogP contribution in [0.4, 0.5) is 4.79 Å². The topological polar surface area (TPSA) is 117 Å². The highest BCUT2D eigenvalue weighted by Gasteiger charge is 2.54. The van der Waals surface area contributed by atoms with Crippen LogP contribution in [0.1, 0.15) is 52.4 Å². The summed E-state index contributed by atoms with van der Waals surface area (Å²) in [4.78, 5) is 35.4. The normalized spacial score (nSPS) is 38.2. The Bertz CT molecular complexity index is 858. The Morgan fingerprint density at radius 3 is 2.52 bits per heavy atom. The second-order valence-corrected chi connectivity index (χ2v) is 12.1. The number of fused-ring (bicyclic) bond motifs is 1. The minimum atomic E-state index is -3.53. The van der Waals surface area contributed by atoms with E-state index in [0.29, 0.717) is 32.5 Å². The standard InChI is InChI=1S/C20H32N4O6S/c1-12-7-14(30-21-12)9-23-18(25)16-8-15(31(27,28)22-20(2)5-6-20)3-4-17(16)24(19(23)26)13-10-29-11-13/h12-17,21-22H,3-11H2,1-2H3. The number of imide groups is 1. The summed E-state index contributed by atoms with van der Waals surface area (Å²) in [5.74, 6) is -0.792. The number of ether oxygens (including phenoxy) is 1. The average Bonchev–Trinajstić information content (AvgIpc) is 3.24. The Labute approximate surface area is 183 Å². The van der Waals surface area contributed by atoms with Gasteiger partial charge in [-0.3, -0.25) is 14.5 Å². The molecule has 3 saturated heterocycles. The zero-order valence-corrected chi connectivity index (χ0v) is 18.9. The van der Waals surface area contributed by atoms with Crippen molar-refractivity contribution in [3.63, 3.8) is 0 Å². The first-order valence-corrected chi connectivity index (χ1v) is 12.9. The van der Waals surface area contributed by atoms with E-state index in [1.165, 1.54) is 4.90 Å². The number of amides is 3. The number of hydrogen-bond donors (Lipinski definition) is 2. The molecule has 2 aliphatic carbocycles. The SMILES string of the molecule is CC1CC(CN2C(=O)C3CC(S(=O)(=O)NC4(C)CC4)CCC3N(C3COC3)C2=O)ON1. The molecule has 5 unspecified atom stereocenters. The van der Waals surface area contributed by atoms with Crippen molar-refractivity contribution in [1.29, 1.82) is 0 Å². The molecule has 3 amide bonds. The van der Waals surface area contributed by atoms with Gasteiger partial charge in [-0.05, 0) is 52.4 Å². The Kier molecular flexibility index (Phi) is 5.32. The molecular formula is C20H32N4O6S. The number of hydrogen-bond acceptors (Lipinski definition) is 7. The summed E-state index contributed by atoms with van der Waals surface area (Å²) in [6.45, 7) is 4.99. The van der Waals surface area contributed by atoms with E-state index in [1.54, 1.807) is 4.90 Å². The van der Waals surface area contributed by atoms with Crippen LogP contribution in [0.5, 0.6) is 0 Å². The molecule has 0 aromatic rings. The number of nitrogens with zero attached hydrogens (tertiary/aromatic N) is 2. The highest BCUT2D eigenvalue weighted by molar-refractivity contribution is 7.90. The summed E-state index contributed by atoms with van der Waals surface area (Å²) in [5, 5.41) is -0.617. The van der Waals surface area contributed by atoms with Crippen LogP contribution in [0, 0.1) is 5.92 Å². The van der Waals surface area contributed by atoms with Crippen molar-refractivity contribution in [2.45, 2.75) is 87.4 Å². The van der Waals surface area contributed by atoms with Crippen LogP contribution in [0.25, 0.3) is 0 Å². The summed E-state index contributed by atoms with van der Waals surface area (Å²) in [5.41, 5.74) is 2.55. The number of carbonyl (C=O) groups excluding carboxylic acids is 2. The predicted octanol–water partition coefficient (Wildman–Crippen LogP) is 0.341. The third kappa shape index (κ3) is 3.99. The number of urea groups is 1. The Balaban J connectivity index is 1.37. The molecule has 5 aliphatic rings. The summed E-state index contributed by atoms with van der Waals surface area (Å²) < 4.78 is 34.2. The molecule has 3 heterocycles. The summed E-state index contributed by atoms with van der Waals surface area (Å²) >= 11 is 0. The molecule has 0 radical (unpaired) electrons. The van der Waals surface area contributed by atoms with Crippen molar-refractivity contribution in [3.05, 3.63) is 0 Å².